The van der Waals surface area contributed by atoms with Crippen molar-refractivity contribution >= 4 is 0 Å². The molecule has 0 amide bonds. The highest BCUT2D eigenvalue weighted by Gasteiger charge is 2.25. The maximum absolute atomic E-state index is 5.96. The standard InChI is InChI=1S/C15H21O3/c1-16-13-9-7-12(8-10-13)11-18-15-6-4-3-5-14(15)17-2/h3,7-10,14-15H,4-6,11H2,1-2H3. The summed E-state index contributed by atoms with van der Waals surface area (Å²) in [5, 5.41) is 0. The predicted octanol–water partition coefficient (Wildman–Crippen LogP) is 2.98. The molecule has 0 aromatic heterocycles. The molecular weight excluding hydrogens is 228 g/mol. The molecule has 1 aromatic rings. The zero-order valence-corrected chi connectivity index (χ0v) is 11.1. The minimum Gasteiger partial charge on any atom is -0.497 e. The summed E-state index contributed by atoms with van der Waals surface area (Å²) >= 11 is 0. The van der Waals surface area contributed by atoms with Gasteiger partial charge in [0.25, 0.3) is 0 Å². The van der Waals surface area contributed by atoms with Gasteiger partial charge in [0.15, 0.2) is 0 Å². The third kappa shape index (κ3) is 3.47. The van der Waals surface area contributed by atoms with Crippen molar-refractivity contribution < 1.29 is 14.2 Å². The molecule has 0 saturated heterocycles. The van der Waals surface area contributed by atoms with Crippen molar-refractivity contribution in [1.82, 2.24) is 0 Å². The fourth-order valence-corrected chi connectivity index (χ4v) is 2.27. The molecule has 1 saturated carbocycles. The second-order valence-electron chi connectivity index (χ2n) is 4.57. The minimum atomic E-state index is 0.206. The number of hydrogen-bond donors (Lipinski definition) is 0. The van der Waals surface area contributed by atoms with Gasteiger partial charge in [-0.1, -0.05) is 12.1 Å². The first-order chi connectivity index (χ1) is 8.83. The average Bonchev–Trinajstić information content (AvgIpc) is 2.46. The number of ether oxygens (including phenoxy) is 3. The lowest BCUT2D eigenvalue weighted by molar-refractivity contribution is -0.0753. The summed E-state index contributed by atoms with van der Waals surface area (Å²) in [5.41, 5.74) is 1.17. The van der Waals surface area contributed by atoms with E-state index in [9.17, 15) is 0 Å². The van der Waals surface area contributed by atoms with E-state index in [1.807, 2.05) is 24.3 Å². The molecule has 0 N–H and O–H groups in total. The van der Waals surface area contributed by atoms with E-state index in [0.717, 1.165) is 25.0 Å². The fourth-order valence-electron chi connectivity index (χ4n) is 2.27. The molecular formula is C15H21O3. The van der Waals surface area contributed by atoms with Gasteiger partial charge in [-0.3, -0.25) is 0 Å². The molecule has 1 aliphatic rings. The van der Waals surface area contributed by atoms with E-state index in [1.165, 1.54) is 5.56 Å². The van der Waals surface area contributed by atoms with Crippen LogP contribution >= 0.6 is 0 Å². The summed E-state index contributed by atoms with van der Waals surface area (Å²) in [6, 6.07) is 7.99. The van der Waals surface area contributed by atoms with Crippen molar-refractivity contribution in [3.05, 3.63) is 36.2 Å². The van der Waals surface area contributed by atoms with Crippen LogP contribution in [-0.4, -0.2) is 26.4 Å². The zero-order valence-electron chi connectivity index (χ0n) is 11.1. The molecule has 1 aliphatic carbocycles. The van der Waals surface area contributed by atoms with Gasteiger partial charge in [0, 0.05) is 7.11 Å². The number of rotatable bonds is 5. The van der Waals surface area contributed by atoms with Crippen LogP contribution < -0.4 is 4.74 Å². The van der Waals surface area contributed by atoms with Gasteiger partial charge in [0.05, 0.1) is 25.9 Å². The molecule has 0 spiro atoms. The Hall–Kier alpha value is -1.06. The van der Waals surface area contributed by atoms with Gasteiger partial charge < -0.3 is 14.2 Å². The van der Waals surface area contributed by atoms with Crippen LogP contribution in [0.4, 0.5) is 0 Å². The zero-order chi connectivity index (χ0) is 12.8. The Morgan fingerprint density at radius 3 is 2.56 bits per heavy atom. The lowest BCUT2D eigenvalue weighted by Crippen LogP contribution is -2.34. The molecule has 2 atom stereocenters. The molecule has 1 aromatic carbocycles. The average molecular weight is 249 g/mol. The lowest BCUT2D eigenvalue weighted by Gasteiger charge is -2.30. The quantitative estimate of drug-likeness (QED) is 0.803. The summed E-state index contributed by atoms with van der Waals surface area (Å²) < 4.78 is 16.5. The number of hydrogen-bond acceptors (Lipinski definition) is 3. The first kappa shape index (κ1) is 13.4. The maximum Gasteiger partial charge on any atom is 0.118 e. The molecule has 0 bridgehead atoms. The molecule has 3 nitrogen and oxygen atoms in total. The van der Waals surface area contributed by atoms with Crippen molar-refractivity contribution in [1.29, 1.82) is 0 Å². The van der Waals surface area contributed by atoms with Gasteiger partial charge in [0.2, 0.25) is 0 Å². The SMILES string of the molecule is COc1ccc(COC2CC[CH]CC2OC)cc1. The van der Waals surface area contributed by atoms with E-state index >= 15 is 0 Å². The van der Waals surface area contributed by atoms with Crippen LogP contribution in [0.2, 0.25) is 0 Å². The highest BCUT2D eigenvalue weighted by molar-refractivity contribution is 5.26. The molecule has 2 unspecified atom stereocenters. The van der Waals surface area contributed by atoms with E-state index in [1.54, 1.807) is 14.2 Å². The molecule has 18 heavy (non-hydrogen) atoms. The van der Waals surface area contributed by atoms with Gasteiger partial charge in [-0.2, -0.15) is 0 Å². The third-order valence-corrected chi connectivity index (χ3v) is 3.39. The Balaban J connectivity index is 1.85. The monoisotopic (exact) mass is 249 g/mol. The van der Waals surface area contributed by atoms with Gasteiger partial charge in [0.1, 0.15) is 5.75 Å². The second kappa shape index (κ2) is 6.76. The summed E-state index contributed by atoms with van der Waals surface area (Å²) in [4.78, 5) is 0. The Bertz CT molecular complexity index is 347. The van der Waals surface area contributed by atoms with Crippen LogP contribution in [0.5, 0.6) is 5.75 Å². The topological polar surface area (TPSA) is 27.7 Å². The van der Waals surface area contributed by atoms with E-state index in [2.05, 4.69) is 6.42 Å². The van der Waals surface area contributed by atoms with Gasteiger partial charge in [-0.05, 0) is 43.4 Å². The second-order valence-corrected chi connectivity index (χ2v) is 4.57. The Kier molecular flexibility index (Phi) is 5.02. The van der Waals surface area contributed by atoms with Crippen LogP contribution in [0.25, 0.3) is 0 Å². The maximum atomic E-state index is 5.96. The largest absolute Gasteiger partial charge is 0.497 e. The van der Waals surface area contributed by atoms with Gasteiger partial charge in [-0.25, -0.2) is 0 Å². The molecule has 0 heterocycles. The molecule has 2 rings (SSSR count). The van der Waals surface area contributed by atoms with E-state index < -0.39 is 0 Å². The van der Waals surface area contributed by atoms with Crippen LogP contribution in [0, 0.1) is 6.42 Å². The van der Waals surface area contributed by atoms with E-state index in [0.29, 0.717) is 6.61 Å². The number of methoxy groups -OCH3 is 2. The van der Waals surface area contributed by atoms with Crippen molar-refractivity contribution in [2.75, 3.05) is 14.2 Å². The highest BCUT2D eigenvalue weighted by atomic mass is 16.5. The molecule has 0 aliphatic heterocycles. The summed E-state index contributed by atoms with van der Waals surface area (Å²) in [7, 11) is 3.43. The van der Waals surface area contributed by atoms with Crippen molar-refractivity contribution in [2.24, 2.45) is 0 Å². The first-order valence-corrected chi connectivity index (χ1v) is 6.42. The summed E-state index contributed by atoms with van der Waals surface area (Å²) in [6.45, 7) is 0.633. The van der Waals surface area contributed by atoms with Crippen LogP contribution in [-0.2, 0) is 16.1 Å². The van der Waals surface area contributed by atoms with Crippen molar-refractivity contribution in [3.63, 3.8) is 0 Å². The first-order valence-electron chi connectivity index (χ1n) is 6.42. The van der Waals surface area contributed by atoms with Crippen LogP contribution in [0.1, 0.15) is 24.8 Å². The van der Waals surface area contributed by atoms with E-state index in [-0.39, 0.29) is 12.2 Å². The van der Waals surface area contributed by atoms with Gasteiger partial charge >= 0.3 is 0 Å². The molecule has 3 heteroatoms. The Morgan fingerprint density at radius 2 is 1.89 bits per heavy atom. The van der Waals surface area contributed by atoms with Crippen molar-refractivity contribution in [2.45, 2.75) is 38.1 Å². The Morgan fingerprint density at radius 1 is 1.11 bits per heavy atom. The van der Waals surface area contributed by atoms with Crippen molar-refractivity contribution in [3.8, 4) is 5.75 Å². The smallest absolute Gasteiger partial charge is 0.118 e. The predicted molar refractivity (Wildman–Crippen MR) is 70.5 cm³/mol. The third-order valence-electron chi connectivity index (χ3n) is 3.39. The van der Waals surface area contributed by atoms with Crippen LogP contribution in [0.3, 0.4) is 0 Å². The highest BCUT2D eigenvalue weighted by Crippen LogP contribution is 2.24. The fraction of sp³-hybridized carbons (Fsp3) is 0.533. The van der Waals surface area contributed by atoms with E-state index in [4.69, 9.17) is 14.2 Å². The lowest BCUT2D eigenvalue weighted by atomic mass is 9.94. The minimum absolute atomic E-state index is 0.206. The summed E-state index contributed by atoms with van der Waals surface area (Å²) in [6.07, 6.45) is 5.85. The molecule has 1 radical (unpaired) electrons. The Labute approximate surface area is 109 Å². The molecule has 99 valence electrons. The number of benzene rings is 1. The molecule has 1 fully saturated rings. The van der Waals surface area contributed by atoms with Gasteiger partial charge in [-0.15, -0.1) is 0 Å². The normalized spacial score (nSPS) is 23.9. The summed E-state index contributed by atoms with van der Waals surface area (Å²) in [5.74, 6) is 0.876. The van der Waals surface area contributed by atoms with Crippen LogP contribution in [0.15, 0.2) is 24.3 Å².